The largest absolute Gasteiger partial charge is 0.417 e. The molecular formula is C16H14ClF3N2O2S. The van der Waals surface area contributed by atoms with E-state index in [1.807, 2.05) is 0 Å². The zero-order chi connectivity index (χ0) is 18.6. The van der Waals surface area contributed by atoms with E-state index < -0.39 is 28.7 Å². The molecule has 0 aliphatic carbocycles. The molecule has 134 valence electrons. The number of hydrogen-bond donors (Lipinski definition) is 2. The molecule has 2 aromatic rings. The zero-order valence-electron chi connectivity index (χ0n) is 13.0. The zero-order valence-corrected chi connectivity index (χ0v) is 14.6. The molecule has 0 aliphatic rings. The first kappa shape index (κ1) is 19.3. The van der Waals surface area contributed by atoms with Crippen molar-refractivity contribution < 1.29 is 22.8 Å². The number of carbonyl (C=O) groups is 2. The summed E-state index contributed by atoms with van der Waals surface area (Å²) in [6.45, 7) is 1.33. The first-order valence-corrected chi connectivity index (χ1v) is 8.39. The molecule has 1 aromatic heterocycles. The van der Waals surface area contributed by atoms with E-state index in [1.165, 1.54) is 24.3 Å². The fourth-order valence-corrected chi connectivity index (χ4v) is 3.18. The molecule has 2 N–H and O–H groups in total. The van der Waals surface area contributed by atoms with Gasteiger partial charge in [0.1, 0.15) is 0 Å². The third kappa shape index (κ3) is 5.47. The van der Waals surface area contributed by atoms with Gasteiger partial charge in [-0.05, 0) is 29.6 Å². The molecule has 0 saturated carbocycles. The molecule has 0 spiro atoms. The SMILES string of the molecule is CC(=O)NC(CC(=O)Nc1ccc(Cl)c(C(F)(F)F)c1)c1cccs1. The number of hydrogen-bond acceptors (Lipinski definition) is 3. The molecular weight excluding hydrogens is 377 g/mol. The molecule has 1 unspecified atom stereocenters. The first-order chi connectivity index (χ1) is 11.7. The number of alkyl halides is 3. The van der Waals surface area contributed by atoms with E-state index in [1.54, 1.807) is 17.5 Å². The van der Waals surface area contributed by atoms with Gasteiger partial charge in [0, 0.05) is 17.5 Å². The van der Waals surface area contributed by atoms with E-state index in [4.69, 9.17) is 11.6 Å². The van der Waals surface area contributed by atoms with Gasteiger partial charge in [-0.25, -0.2) is 0 Å². The van der Waals surface area contributed by atoms with E-state index in [0.717, 1.165) is 17.0 Å². The molecule has 0 fully saturated rings. The molecule has 0 saturated heterocycles. The van der Waals surface area contributed by atoms with Crippen LogP contribution in [0.2, 0.25) is 5.02 Å². The van der Waals surface area contributed by atoms with E-state index >= 15 is 0 Å². The van der Waals surface area contributed by atoms with Crippen LogP contribution in [0.3, 0.4) is 0 Å². The summed E-state index contributed by atoms with van der Waals surface area (Å²) in [5.41, 5.74) is -1.04. The average molecular weight is 391 g/mol. The van der Waals surface area contributed by atoms with Crippen molar-refractivity contribution in [2.24, 2.45) is 0 Å². The lowest BCUT2D eigenvalue weighted by molar-refractivity contribution is -0.137. The van der Waals surface area contributed by atoms with Crippen molar-refractivity contribution in [2.75, 3.05) is 5.32 Å². The highest BCUT2D eigenvalue weighted by molar-refractivity contribution is 7.10. The van der Waals surface area contributed by atoms with Crippen molar-refractivity contribution in [2.45, 2.75) is 25.6 Å². The van der Waals surface area contributed by atoms with E-state index in [-0.39, 0.29) is 18.0 Å². The fourth-order valence-electron chi connectivity index (χ4n) is 2.18. The third-order valence-electron chi connectivity index (χ3n) is 3.21. The van der Waals surface area contributed by atoms with Gasteiger partial charge in [0.05, 0.1) is 23.0 Å². The minimum atomic E-state index is -4.62. The maximum atomic E-state index is 12.9. The lowest BCUT2D eigenvalue weighted by atomic mass is 10.1. The quantitative estimate of drug-likeness (QED) is 0.782. The topological polar surface area (TPSA) is 58.2 Å². The van der Waals surface area contributed by atoms with Gasteiger partial charge >= 0.3 is 6.18 Å². The Morgan fingerprint density at radius 2 is 2.00 bits per heavy atom. The average Bonchev–Trinajstić information content (AvgIpc) is 3.01. The van der Waals surface area contributed by atoms with Crippen molar-refractivity contribution in [3.05, 3.63) is 51.2 Å². The highest BCUT2D eigenvalue weighted by atomic mass is 35.5. The van der Waals surface area contributed by atoms with Crippen LogP contribution >= 0.6 is 22.9 Å². The van der Waals surface area contributed by atoms with Crippen LogP contribution in [-0.4, -0.2) is 11.8 Å². The Kier molecular flexibility index (Phi) is 6.07. The Morgan fingerprint density at radius 1 is 1.28 bits per heavy atom. The van der Waals surface area contributed by atoms with Crippen LogP contribution in [0.5, 0.6) is 0 Å². The molecule has 2 amide bonds. The van der Waals surface area contributed by atoms with Gasteiger partial charge in [0.2, 0.25) is 11.8 Å². The van der Waals surface area contributed by atoms with Crippen LogP contribution in [0, 0.1) is 0 Å². The van der Waals surface area contributed by atoms with Crippen LogP contribution in [0.1, 0.15) is 29.8 Å². The molecule has 1 aromatic carbocycles. The van der Waals surface area contributed by atoms with Crippen LogP contribution in [0.15, 0.2) is 35.7 Å². The minimum Gasteiger partial charge on any atom is -0.348 e. The van der Waals surface area contributed by atoms with Gasteiger partial charge < -0.3 is 10.6 Å². The molecule has 1 atom stereocenters. The van der Waals surface area contributed by atoms with Gasteiger partial charge in [-0.2, -0.15) is 13.2 Å². The summed E-state index contributed by atoms with van der Waals surface area (Å²) in [5.74, 6) is -0.834. The summed E-state index contributed by atoms with van der Waals surface area (Å²) in [6.07, 6.45) is -4.72. The second-order valence-corrected chi connectivity index (χ2v) is 6.60. The smallest absolute Gasteiger partial charge is 0.348 e. The number of nitrogens with one attached hydrogen (secondary N) is 2. The first-order valence-electron chi connectivity index (χ1n) is 7.14. The molecule has 0 radical (unpaired) electrons. The van der Waals surface area contributed by atoms with Gasteiger partial charge in [-0.1, -0.05) is 17.7 Å². The molecule has 25 heavy (non-hydrogen) atoms. The van der Waals surface area contributed by atoms with Gasteiger partial charge in [-0.3, -0.25) is 9.59 Å². The van der Waals surface area contributed by atoms with Crippen molar-refractivity contribution in [3.63, 3.8) is 0 Å². The van der Waals surface area contributed by atoms with Gasteiger partial charge in [0.15, 0.2) is 0 Å². The normalized spacial score (nSPS) is 12.5. The van der Waals surface area contributed by atoms with E-state index in [2.05, 4.69) is 10.6 Å². The Hall–Kier alpha value is -2.06. The second kappa shape index (κ2) is 7.88. The van der Waals surface area contributed by atoms with Crippen LogP contribution in [-0.2, 0) is 15.8 Å². The minimum absolute atomic E-state index is 0.0190. The Morgan fingerprint density at radius 3 is 2.56 bits per heavy atom. The number of halogens is 4. The van der Waals surface area contributed by atoms with Crippen molar-refractivity contribution >= 4 is 40.4 Å². The summed E-state index contributed by atoms with van der Waals surface area (Å²) < 4.78 is 38.6. The molecule has 4 nitrogen and oxygen atoms in total. The summed E-state index contributed by atoms with van der Waals surface area (Å²) in [7, 11) is 0. The molecule has 2 rings (SSSR count). The third-order valence-corrected chi connectivity index (χ3v) is 4.52. The number of benzene rings is 1. The summed E-state index contributed by atoms with van der Waals surface area (Å²) in [6, 6.07) is 6.13. The van der Waals surface area contributed by atoms with Crippen LogP contribution in [0.4, 0.5) is 18.9 Å². The Bertz CT molecular complexity index is 763. The highest BCUT2D eigenvalue weighted by Gasteiger charge is 2.33. The van der Waals surface area contributed by atoms with Gasteiger partial charge in [-0.15, -0.1) is 11.3 Å². The van der Waals surface area contributed by atoms with Gasteiger partial charge in [0.25, 0.3) is 0 Å². The maximum absolute atomic E-state index is 12.9. The van der Waals surface area contributed by atoms with Crippen LogP contribution < -0.4 is 10.6 Å². The lowest BCUT2D eigenvalue weighted by Crippen LogP contribution is -2.29. The monoisotopic (exact) mass is 390 g/mol. The highest BCUT2D eigenvalue weighted by Crippen LogP contribution is 2.36. The van der Waals surface area contributed by atoms with Crippen LogP contribution in [0.25, 0.3) is 0 Å². The molecule has 9 heteroatoms. The number of thiophene rings is 1. The molecule has 1 heterocycles. The standard InChI is InChI=1S/C16H14ClF3N2O2S/c1-9(23)21-13(14-3-2-6-25-14)8-15(24)22-10-4-5-12(17)11(7-10)16(18,19)20/h2-7,13H,8H2,1H3,(H,21,23)(H,22,24). The lowest BCUT2D eigenvalue weighted by Gasteiger charge is -2.17. The summed E-state index contributed by atoms with van der Waals surface area (Å²) >= 11 is 6.92. The van der Waals surface area contributed by atoms with Crippen molar-refractivity contribution in [3.8, 4) is 0 Å². The summed E-state index contributed by atoms with van der Waals surface area (Å²) in [4.78, 5) is 24.3. The number of amides is 2. The predicted molar refractivity (Wildman–Crippen MR) is 90.6 cm³/mol. The Balaban J connectivity index is 2.12. The number of rotatable bonds is 5. The fraction of sp³-hybridized carbons (Fsp3) is 0.250. The predicted octanol–water partition coefficient (Wildman–Crippen LogP) is 4.63. The molecule has 0 aliphatic heterocycles. The number of carbonyl (C=O) groups excluding carboxylic acids is 2. The van der Waals surface area contributed by atoms with Crippen molar-refractivity contribution in [1.82, 2.24) is 5.32 Å². The van der Waals surface area contributed by atoms with Crippen molar-refractivity contribution in [1.29, 1.82) is 0 Å². The number of anilines is 1. The molecule has 0 bridgehead atoms. The maximum Gasteiger partial charge on any atom is 0.417 e. The van der Waals surface area contributed by atoms with E-state index in [9.17, 15) is 22.8 Å². The van der Waals surface area contributed by atoms with E-state index in [0.29, 0.717) is 0 Å². The summed E-state index contributed by atoms with van der Waals surface area (Å²) in [5, 5.41) is 6.41. The second-order valence-electron chi connectivity index (χ2n) is 5.21. The Labute approximate surface area is 151 Å².